The van der Waals surface area contributed by atoms with Gasteiger partial charge in [-0.3, -0.25) is 0 Å². The van der Waals surface area contributed by atoms with E-state index in [1.165, 1.54) is 0 Å². The van der Waals surface area contributed by atoms with Gasteiger partial charge in [0.15, 0.2) is 6.29 Å². The standard InChI is InChI=1S/C24H30O6/c1-3-14-27-23-22(29-17-19-12-8-5-9-13-19)21(20(15-25)30-24(23)26-2)28-16-18-10-6-4-7-11-18/h3-13,20-25H,1,14-17H2,2H3. The van der Waals surface area contributed by atoms with Crippen LogP contribution in [0.15, 0.2) is 73.3 Å². The Labute approximate surface area is 178 Å². The first kappa shape index (κ1) is 22.6. The molecule has 3 rings (SSSR count). The second kappa shape index (κ2) is 12.0. The van der Waals surface area contributed by atoms with Crippen molar-refractivity contribution in [3.8, 4) is 0 Å². The van der Waals surface area contributed by atoms with Gasteiger partial charge in [0.1, 0.15) is 24.4 Å². The van der Waals surface area contributed by atoms with Gasteiger partial charge in [0.2, 0.25) is 0 Å². The van der Waals surface area contributed by atoms with Crippen LogP contribution in [-0.4, -0.2) is 56.1 Å². The molecule has 0 amide bonds. The molecule has 1 saturated heterocycles. The fourth-order valence-electron chi connectivity index (χ4n) is 3.49. The van der Waals surface area contributed by atoms with E-state index in [2.05, 4.69) is 6.58 Å². The molecule has 1 fully saturated rings. The number of hydrogen-bond donors (Lipinski definition) is 1. The molecular weight excluding hydrogens is 384 g/mol. The van der Waals surface area contributed by atoms with E-state index >= 15 is 0 Å². The number of rotatable bonds is 11. The highest BCUT2D eigenvalue weighted by Gasteiger charge is 2.48. The van der Waals surface area contributed by atoms with Crippen molar-refractivity contribution >= 4 is 0 Å². The van der Waals surface area contributed by atoms with Gasteiger partial charge in [-0.05, 0) is 11.1 Å². The largest absolute Gasteiger partial charge is 0.394 e. The van der Waals surface area contributed by atoms with Crippen LogP contribution in [0, 0.1) is 0 Å². The molecule has 0 spiro atoms. The van der Waals surface area contributed by atoms with Gasteiger partial charge in [0, 0.05) is 7.11 Å². The minimum absolute atomic E-state index is 0.224. The molecule has 1 heterocycles. The molecule has 6 nitrogen and oxygen atoms in total. The molecule has 0 bridgehead atoms. The average molecular weight is 414 g/mol. The summed E-state index contributed by atoms with van der Waals surface area (Å²) < 4.78 is 29.9. The van der Waals surface area contributed by atoms with Crippen molar-refractivity contribution in [1.29, 1.82) is 0 Å². The van der Waals surface area contributed by atoms with Crippen molar-refractivity contribution in [2.24, 2.45) is 0 Å². The van der Waals surface area contributed by atoms with Crippen LogP contribution in [0.1, 0.15) is 11.1 Å². The highest BCUT2D eigenvalue weighted by molar-refractivity contribution is 5.14. The Morgan fingerprint density at radius 2 is 1.43 bits per heavy atom. The summed E-state index contributed by atoms with van der Waals surface area (Å²) in [5, 5.41) is 9.96. The number of benzene rings is 2. The SMILES string of the molecule is C=CCOC1C(OC)OC(CO)C(OCc2ccccc2)C1OCc1ccccc1. The van der Waals surface area contributed by atoms with Gasteiger partial charge < -0.3 is 28.8 Å². The molecule has 2 aromatic carbocycles. The van der Waals surface area contributed by atoms with Crippen molar-refractivity contribution in [2.75, 3.05) is 20.3 Å². The van der Waals surface area contributed by atoms with Crippen LogP contribution in [-0.2, 0) is 36.9 Å². The third-order valence-corrected chi connectivity index (χ3v) is 4.98. The highest BCUT2D eigenvalue weighted by atomic mass is 16.7. The van der Waals surface area contributed by atoms with Crippen LogP contribution in [0.2, 0.25) is 0 Å². The Hall–Kier alpha value is -2.06. The van der Waals surface area contributed by atoms with Gasteiger partial charge in [-0.25, -0.2) is 0 Å². The smallest absolute Gasteiger partial charge is 0.186 e. The molecule has 0 aliphatic carbocycles. The van der Waals surface area contributed by atoms with Gasteiger partial charge in [0.25, 0.3) is 0 Å². The summed E-state index contributed by atoms with van der Waals surface area (Å²) >= 11 is 0. The molecule has 6 heteroatoms. The fraction of sp³-hybridized carbons (Fsp3) is 0.417. The van der Waals surface area contributed by atoms with Gasteiger partial charge in [0.05, 0.1) is 26.4 Å². The van der Waals surface area contributed by atoms with Crippen molar-refractivity contribution in [3.63, 3.8) is 0 Å². The molecule has 30 heavy (non-hydrogen) atoms. The summed E-state index contributed by atoms with van der Waals surface area (Å²) in [6.45, 7) is 4.55. The molecule has 162 valence electrons. The zero-order chi connectivity index (χ0) is 21.2. The van der Waals surface area contributed by atoms with E-state index in [0.717, 1.165) is 11.1 Å². The van der Waals surface area contributed by atoms with E-state index in [4.69, 9.17) is 23.7 Å². The maximum absolute atomic E-state index is 9.96. The average Bonchev–Trinajstić information content (AvgIpc) is 2.81. The normalized spacial score (nSPS) is 26.4. The number of aliphatic hydroxyl groups is 1. The molecule has 1 N–H and O–H groups in total. The van der Waals surface area contributed by atoms with Gasteiger partial charge in [-0.15, -0.1) is 6.58 Å². The number of aliphatic hydroxyl groups excluding tert-OH is 1. The summed E-state index contributed by atoms with van der Waals surface area (Å²) in [4.78, 5) is 0. The molecular formula is C24H30O6. The molecule has 2 aromatic rings. The fourth-order valence-corrected chi connectivity index (χ4v) is 3.49. The van der Waals surface area contributed by atoms with Crippen LogP contribution in [0.4, 0.5) is 0 Å². The molecule has 1 aliphatic rings. The molecule has 0 aromatic heterocycles. The van der Waals surface area contributed by atoms with E-state index in [0.29, 0.717) is 19.8 Å². The van der Waals surface area contributed by atoms with Gasteiger partial charge in [-0.2, -0.15) is 0 Å². The minimum Gasteiger partial charge on any atom is -0.394 e. The van der Waals surface area contributed by atoms with E-state index in [1.54, 1.807) is 13.2 Å². The van der Waals surface area contributed by atoms with Crippen LogP contribution < -0.4 is 0 Å². The van der Waals surface area contributed by atoms with Crippen LogP contribution in [0.3, 0.4) is 0 Å². The topological polar surface area (TPSA) is 66.4 Å². The Kier molecular flexibility index (Phi) is 9.01. The maximum atomic E-state index is 9.96. The minimum atomic E-state index is -0.695. The quantitative estimate of drug-likeness (QED) is 0.570. The maximum Gasteiger partial charge on any atom is 0.186 e. The van der Waals surface area contributed by atoms with E-state index in [-0.39, 0.29) is 6.61 Å². The Morgan fingerprint density at radius 1 is 0.867 bits per heavy atom. The second-order valence-corrected chi connectivity index (χ2v) is 7.07. The molecule has 0 radical (unpaired) electrons. The predicted molar refractivity (Wildman–Crippen MR) is 113 cm³/mol. The number of hydrogen-bond acceptors (Lipinski definition) is 6. The third kappa shape index (κ3) is 5.98. The first-order valence-corrected chi connectivity index (χ1v) is 10.1. The summed E-state index contributed by atoms with van der Waals surface area (Å²) in [5.41, 5.74) is 2.05. The van der Waals surface area contributed by atoms with Crippen LogP contribution in [0.5, 0.6) is 0 Å². The monoisotopic (exact) mass is 414 g/mol. The van der Waals surface area contributed by atoms with Crippen molar-refractivity contribution in [2.45, 2.75) is 43.9 Å². The number of methoxy groups -OCH3 is 1. The van der Waals surface area contributed by atoms with Crippen LogP contribution in [0.25, 0.3) is 0 Å². The van der Waals surface area contributed by atoms with E-state index < -0.39 is 30.7 Å². The second-order valence-electron chi connectivity index (χ2n) is 7.07. The molecule has 5 unspecified atom stereocenters. The van der Waals surface area contributed by atoms with E-state index in [1.807, 2.05) is 60.7 Å². The van der Waals surface area contributed by atoms with Crippen molar-refractivity contribution in [1.82, 2.24) is 0 Å². The summed E-state index contributed by atoms with van der Waals surface area (Å²) in [6.07, 6.45) is -1.23. The van der Waals surface area contributed by atoms with Crippen molar-refractivity contribution in [3.05, 3.63) is 84.4 Å². The summed E-state index contributed by atoms with van der Waals surface area (Å²) in [7, 11) is 1.54. The summed E-state index contributed by atoms with van der Waals surface area (Å²) in [5.74, 6) is 0. The zero-order valence-electron chi connectivity index (χ0n) is 17.3. The predicted octanol–water partition coefficient (Wildman–Crippen LogP) is 3.09. The lowest BCUT2D eigenvalue weighted by atomic mass is 9.98. The Balaban J connectivity index is 1.81. The highest BCUT2D eigenvalue weighted by Crippen LogP contribution is 2.30. The lowest BCUT2D eigenvalue weighted by molar-refractivity contribution is -0.318. The lowest BCUT2D eigenvalue weighted by Gasteiger charge is -2.45. The first-order chi connectivity index (χ1) is 14.8. The molecule has 5 atom stereocenters. The van der Waals surface area contributed by atoms with Crippen LogP contribution >= 0.6 is 0 Å². The molecule has 0 saturated carbocycles. The number of ether oxygens (including phenoxy) is 5. The third-order valence-electron chi connectivity index (χ3n) is 4.98. The Morgan fingerprint density at radius 3 is 1.93 bits per heavy atom. The van der Waals surface area contributed by atoms with Gasteiger partial charge in [-0.1, -0.05) is 66.7 Å². The molecule has 1 aliphatic heterocycles. The van der Waals surface area contributed by atoms with E-state index in [9.17, 15) is 5.11 Å². The van der Waals surface area contributed by atoms with Crippen molar-refractivity contribution < 1.29 is 28.8 Å². The first-order valence-electron chi connectivity index (χ1n) is 10.1. The van der Waals surface area contributed by atoms with Gasteiger partial charge >= 0.3 is 0 Å². The Bertz CT molecular complexity index is 738. The lowest BCUT2D eigenvalue weighted by Crippen LogP contribution is -2.61. The summed E-state index contributed by atoms with van der Waals surface area (Å²) in [6, 6.07) is 19.7. The zero-order valence-corrected chi connectivity index (χ0v) is 17.3.